The van der Waals surface area contributed by atoms with Gasteiger partial charge in [0.25, 0.3) is 10.0 Å². The summed E-state index contributed by atoms with van der Waals surface area (Å²) in [6.07, 6.45) is 2.28. The summed E-state index contributed by atoms with van der Waals surface area (Å²) in [5.41, 5.74) is 5.50. The highest BCUT2D eigenvalue weighted by Crippen LogP contribution is 2.37. The van der Waals surface area contributed by atoms with E-state index in [9.17, 15) is 8.42 Å². The van der Waals surface area contributed by atoms with Crippen molar-refractivity contribution >= 4 is 21.4 Å². The van der Waals surface area contributed by atoms with Crippen molar-refractivity contribution in [3.05, 3.63) is 17.0 Å². The Balaban J connectivity index is 2.22. The summed E-state index contributed by atoms with van der Waals surface area (Å²) < 4.78 is 26.6. The van der Waals surface area contributed by atoms with Crippen LogP contribution in [0.2, 0.25) is 0 Å². The van der Waals surface area contributed by atoms with E-state index < -0.39 is 10.0 Å². The lowest BCUT2D eigenvalue weighted by Gasteiger charge is -2.23. The van der Waals surface area contributed by atoms with Crippen molar-refractivity contribution in [3.63, 3.8) is 0 Å². The van der Waals surface area contributed by atoms with Gasteiger partial charge >= 0.3 is 0 Å². The summed E-state index contributed by atoms with van der Waals surface area (Å²) >= 11 is 1.26. The normalized spacial score (nSPS) is 18.6. The fourth-order valence-corrected chi connectivity index (χ4v) is 4.69. The molecule has 1 fully saturated rings. The Morgan fingerprint density at radius 1 is 1.53 bits per heavy atom. The molecule has 4 nitrogen and oxygen atoms in total. The maximum Gasteiger partial charge on any atom is 0.252 e. The minimum Gasteiger partial charge on any atom is -0.326 e. The van der Waals surface area contributed by atoms with Crippen LogP contribution in [-0.2, 0) is 16.6 Å². The zero-order chi connectivity index (χ0) is 12.6. The number of hydrogen-bond acceptors (Lipinski definition) is 4. The van der Waals surface area contributed by atoms with Crippen LogP contribution in [0.5, 0.6) is 0 Å². The molecular weight excluding hydrogens is 256 g/mol. The third-order valence-corrected chi connectivity index (χ3v) is 6.87. The monoisotopic (exact) mass is 274 g/mol. The van der Waals surface area contributed by atoms with Gasteiger partial charge in [-0.3, -0.25) is 0 Å². The van der Waals surface area contributed by atoms with Gasteiger partial charge in [-0.1, -0.05) is 0 Å². The summed E-state index contributed by atoms with van der Waals surface area (Å²) in [5, 5.41) is 0. The van der Waals surface area contributed by atoms with Crippen molar-refractivity contribution in [3.8, 4) is 0 Å². The molecule has 1 aliphatic carbocycles. The SMILES string of the molecule is CC(C1CC1)N(C)S(=O)(=O)c1ccc(CN)s1. The zero-order valence-electron chi connectivity index (χ0n) is 10.1. The Morgan fingerprint density at radius 2 is 2.18 bits per heavy atom. The van der Waals surface area contributed by atoms with Crippen LogP contribution in [0.1, 0.15) is 24.6 Å². The van der Waals surface area contributed by atoms with Crippen LogP contribution < -0.4 is 5.73 Å². The van der Waals surface area contributed by atoms with Gasteiger partial charge in [0.1, 0.15) is 4.21 Å². The van der Waals surface area contributed by atoms with E-state index in [0.717, 1.165) is 17.7 Å². The lowest BCUT2D eigenvalue weighted by molar-refractivity contribution is 0.358. The first-order chi connectivity index (χ1) is 7.96. The van der Waals surface area contributed by atoms with Crippen LogP contribution in [-0.4, -0.2) is 25.8 Å². The van der Waals surface area contributed by atoms with E-state index in [1.807, 2.05) is 6.92 Å². The molecule has 0 aliphatic heterocycles. The fraction of sp³-hybridized carbons (Fsp3) is 0.636. The molecule has 1 unspecified atom stereocenters. The molecule has 6 heteroatoms. The predicted molar refractivity (Wildman–Crippen MR) is 69.3 cm³/mol. The molecule has 96 valence electrons. The molecule has 17 heavy (non-hydrogen) atoms. The van der Waals surface area contributed by atoms with Gasteiger partial charge in [0.15, 0.2) is 0 Å². The van der Waals surface area contributed by atoms with Crippen molar-refractivity contribution in [2.45, 2.75) is 36.6 Å². The van der Waals surface area contributed by atoms with Gasteiger partial charge < -0.3 is 5.73 Å². The molecule has 0 saturated heterocycles. The number of hydrogen-bond donors (Lipinski definition) is 1. The van der Waals surface area contributed by atoms with E-state index in [4.69, 9.17) is 5.73 Å². The molecule has 0 spiro atoms. The molecule has 0 bridgehead atoms. The van der Waals surface area contributed by atoms with Crippen LogP contribution in [0.3, 0.4) is 0 Å². The molecule has 1 heterocycles. The number of sulfonamides is 1. The highest BCUT2D eigenvalue weighted by atomic mass is 32.2. The van der Waals surface area contributed by atoms with E-state index in [0.29, 0.717) is 16.7 Å². The van der Waals surface area contributed by atoms with E-state index in [2.05, 4.69) is 0 Å². The summed E-state index contributed by atoms with van der Waals surface area (Å²) in [5.74, 6) is 0.531. The van der Waals surface area contributed by atoms with Crippen LogP contribution >= 0.6 is 11.3 Å². The van der Waals surface area contributed by atoms with E-state index >= 15 is 0 Å². The van der Waals surface area contributed by atoms with Gasteiger partial charge in [0.2, 0.25) is 0 Å². The number of rotatable bonds is 5. The topological polar surface area (TPSA) is 63.4 Å². The molecular formula is C11H18N2O2S2. The molecule has 1 atom stereocenters. The molecule has 1 aromatic heterocycles. The lowest BCUT2D eigenvalue weighted by Crippen LogP contribution is -2.36. The van der Waals surface area contributed by atoms with E-state index in [1.54, 1.807) is 19.2 Å². The standard InChI is InChI=1S/C11H18N2O2S2/c1-8(9-3-4-9)13(2)17(14,15)11-6-5-10(7-12)16-11/h5-6,8-9H,3-4,7,12H2,1-2H3. The Labute approximate surface area is 106 Å². The summed E-state index contributed by atoms with van der Waals surface area (Å²) in [7, 11) is -1.67. The third kappa shape index (κ3) is 2.54. The number of nitrogens with two attached hydrogens (primary N) is 1. The molecule has 2 N–H and O–H groups in total. The van der Waals surface area contributed by atoms with E-state index in [1.165, 1.54) is 15.6 Å². The van der Waals surface area contributed by atoms with Crippen molar-refractivity contribution in [2.24, 2.45) is 11.7 Å². The molecule has 2 rings (SSSR count). The van der Waals surface area contributed by atoms with E-state index in [-0.39, 0.29) is 6.04 Å². The first kappa shape index (κ1) is 13.0. The van der Waals surface area contributed by atoms with Crippen molar-refractivity contribution in [2.75, 3.05) is 7.05 Å². The first-order valence-electron chi connectivity index (χ1n) is 5.73. The summed E-state index contributed by atoms with van der Waals surface area (Å²) in [4.78, 5) is 0.899. The van der Waals surface area contributed by atoms with Crippen LogP contribution in [0, 0.1) is 5.92 Å². The zero-order valence-corrected chi connectivity index (χ0v) is 11.7. The second-order valence-electron chi connectivity index (χ2n) is 4.52. The Kier molecular flexibility index (Phi) is 3.58. The molecule has 1 aliphatic rings. The minimum absolute atomic E-state index is 0.0865. The Morgan fingerprint density at radius 3 is 2.65 bits per heavy atom. The average Bonchev–Trinajstić information content (AvgIpc) is 3.04. The van der Waals surface area contributed by atoms with Gasteiger partial charge in [0, 0.05) is 24.5 Å². The van der Waals surface area contributed by atoms with Gasteiger partial charge in [0.05, 0.1) is 0 Å². The average molecular weight is 274 g/mol. The maximum atomic E-state index is 12.3. The largest absolute Gasteiger partial charge is 0.326 e. The van der Waals surface area contributed by atoms with Crippen molar-refractivity contribution in [1.82, 2.24) is 4.31 Å². The van der Waals surface area contributed by atoms with Gasteiger partial charge in [-0.15, -0.1) is 11.3 Å². The number of nitrogens with zero attached hydrogens (tertiary/aromatic N) is 1. The highest BCUT2D eigenvalue weighted by molar-refractivity contribution is 7.91. The van der Waals surface area contributed by atoms with Gasteiger partial charge in [-0.25, -0.2) is 8.42 Å². The van der Waals surface area contributed by atoms with Gasteiger partial charge in [-0.2, -0.15) is 4.31 Å². The smallest absolute Gasteiger partial charge is 0.252 e. The third-order valence-electron chi connectivity index (χ3n) is 3.35. The molecule has 1 saturated carbocycles. The van der Waals surface area contributed by atoms with Crippen LogP contribution in [0.25, 0.3) is 0 Å². The number of thiophene rings is 1. The molecule has 1 aromatic rings. The van der Waals surface area contributed by atoms with Crippen LogP contribution in [0.4, 0.5) is 0 Å². The van der Waals surface area contributed by atoms with Gasteiger partial charge in [-0.05, 0) is 37.8 Å². The molecule has 0 radical (unpaired) electrons. The lowest BCUT2D eigenvalue weighted by atomic mass is 10.2. The highest BCUT2D eigenvalue weighted by Gasteiger charge is 2.36. The molecule has 0 aromatic carbocycles. The summed E-state index contributed by atoms with van der Waals surface area (Å²) in [6.45, 7) is 2.37. The first-order valence-corrected chi connectivity index (χ1v) is 7.99. The van der Waals surface area contributed by atoms with Crippen LogP contribution in [0.15, 0.2) is 16.3 Å². The predicted octanol–water partition coefficient (Wildman–Crippen LogP) is 1.63. The second-order valence-corrected chi connectivity index (χ2v) is 7.92. The Hall–Kier alpha value is -0.430. The second kappa shape index (κ2) is 4.68. The molecule has 0 amide bonds. The van der Waals surface area contributed by atoms with Crippen molar-refractivity contribution in [1.29, 1.82) is 0 Å². The maximum absolute atomic E-state index is 12.3. The quantitative estimate of drug-likeness (QED) is 0.887. The Bertz CT molecular complexity index is 491. The fourth-order valence-electron chi connectivity index (χ4n) is 1.84. The van der Waals surface area contributed by atoms with Crippen molar-refractivity contribution < 1.29 is 8.42 Å². The summed E-state index contributed by atoms with van der Waals surface area (Å²) in [6, 6.07) is 3.52. The minimum atomic E-state index is -3.34.